The summed E-state index contributed by atoms with van der Waals surface area (Å²) >= 11 is 0. The van der Waals surface area contributed by atoms with E-state index in [0.717, 1.165) is 16.8 Å². The summed E-state index contributed by atoms with van der Waals surface area (Å²) in [5, 5.41) is 5.56. The zero-order valence-electron chi connectivity index (χ0n) is 17.3. The Morgan fingerprint density at radius 3 is 2.23 bits per heavy atom. The molecule has 0 spiro atoms. The molecule has 2 aromatic carbocycles. The maximum atomic E-state index is 13.7. The van der Waals surface area contributed by atoms with Crippen LogP contribution in [-0.2, 0) is 16.1 Å². The number of nitrogens with one attached hydrogen (secondary N) is 2. The number of amides is 2. The average Bonchev–Trinajstić information content (AvgIpc) is 2.67. The van der Waals surface area contributed by atoms with Crippen molar-refractivity contribution in [3.05, 3.63) is 64.7 Å². The molecule has 30 heavy (non-hydrogen) atoms. The number of rotatable bonds is 6. The molecule has 5 nitrogen and oxygen atoms in total. The third kappa shape index (κ3) is 5.86. The van der Waals surface area contributed by atoms with Gasteiger partial charge in [0.1, 0.15) is 11.6 Å². The number of hydrogen-bond acceptors (Lipinski definition) is 3. The number of benzene rings is 2. The van der Waals surface area contributed by atoms with E-state index in [1.165, 1.54) is 18.2 Å². The van der Waals surface area contributed by atoms with E-state index < -0.39 is 11.6 Å². The van der Waals surface area contributed by atoms with Crippen LogP contribution >= 0.6 is 0 Å². The van der Waals surface area contributed by atoms with Gasteiger partial charge >= 0.3 is 0 Å². The van der Waals surface area contributed by atoms with Crippen molar-refractivity contribution in [3.63, 3.8) is 0 Å². The van der Waals surface area contributed by atoms with Crippen LogP contribution in [-0.4, -0.2) is 36.3 Å². The summed E-state index contributed by atoms with van der Waals surface area (Å²) in [4.78, 5) is 26.7. The lowest BCUT2D eigenvalue weighted by Crippen LogP contribution is -2.43. The normalized spacial score (nSPS) is 15.1. The van der Waals surface area contributed by atoms with Crippen molar-refractivity contribution in [3.8, 4) is 0 Å². The molecule has 1 saturated heterocycles. The zero-order valence-corrected chi connectivity index (χ0v) is 17.3. The molecule has 1 aliphatic heterocycles. The van der Waals surface area contributed by atoms with E-state index in [9.17, 15) is 18.4 Å². The Morgan fingerprint density at radius 2 is 1.63 bits per heavy atom. The first kappa shape index (κ1) is 21.9. The van der Waals surface area contributed by atoms with Gasteiger partial charge in [-0.2, -0.15) is 0 Å². The van der Waals surface area contributed by atoms with Crippen LogP contribution < -0.4 is 10.6 Å². The van der Waals surface area contributed by atoms with Crippen LogP contribution in [0.1, 0.15) is 29.5 Å². The molecule has 160 valence electrons. The maximum absolute atomic E-state index is 13.7. The first-order chi connectivity index (χ1) is 14.3. The number of carbonyl (C=O) groups excluding carboxylic acids is 2. The van der Waals surface area contributed by atoms with Crippen molar-refractivity contribution < 1.29 is 18.4 Å². The SMILES string of the molecule is Cc1cc(C)cc(NC(=O)CN2CCC(C(=O)NCc3c(F)cccc3F)CC2)c1. The molecule has 0 aromatic heterocycles. The van der Waals surface area contributed by atoms with Crippen molar-refractivity contribution in [1.82, 2.24) is 10.2 Å². The van der Waals surface area contributed by atoms with Crippen LogP contribution in [0.3, 0.4) is 0 Å². The van der Waals surface area contributed by atoms with E-state index in [4.69, 9.17) is 0 Å². The highest BCUT2D eigenvalue weighted by Gasteiger charge is 2.26. The first-order valence-electron chi connectivity index (χ1n) is 10.1. The third-order valence-electron chi connectivity index (χ3n) is 5.33. The highest BCUT2D eigenvalue weighted by atomic mass is 19.1. The molecule has 0 unspecified atom stereocenters. The zero-order chi connectivity index (χ0) is 21.7. The average molecular weight is 415 g/mol. The number of anilines is 1. The van der Waals surface area contributed by atoms with Gasteiger partial charge in [0, 0.05) is 23.7 Å². The van der Waals surface area contributed by atoms with Gasteiger partial charge in [-0.3, -0.25) is 14.5 Å². The molecule has 0 aliphatic carbocycles. The smallest absolute Gasteiger partial charge is 0.238 e. The molecule has 0 saturated carbocycles. The van der Waals surface area contributed by atoms with Gasteiger partial charge in [0.2, 0.25) is 11.8 Å². The monoisotopic (exact) mass is 415 g/mol. The van der Waals surface area contributed by atoms with E-state index >= 15 is 0 Å². The first-order valence-corrected chi connectivity index (χ1v) is 10.1. The molecule has 1 heterocycles. The fraction of sp³-hybridized carbons (Fsp3) is 0.391. The highest BCUT2D eigenvalue weighted by Crippen LogP contribution is 2.19. The van der Waals surface area contributed by atoms with E-state index in [1.807, 2.05) is 36.9 Å². The van der Waals surface area contributed by atoms with Gasteiger partial charge in [0.15, 0.2) is 0 Å². The molecule has 3 rings (SSSR count). The van der Waals surface area contributed by atoms with Crippen LogP contribution in [0, 0.1) is 31.4 Å². The second kappa shape index (κ2) is 9.80. The quantitative estimate of drug-likeness (QED) is 0.759. The number of likely N-dealkylation sites (tertiary alicyclic amines) is 1. The molecule has 0 atom stereocenters. The van der Waals surface area contributed by atoms with Gasteiger partial charge in [-0.25, -0.2) is 8.78 Å². The summed E-state index contributed by atoms with van der Waals surface area (Å²) in [5.41, 5.74) is 2.83. The number of hydrogen-bond donors (Lipinski definition) is 2. The topological polar surface area (TPSA) is 61.4 Å². The lowest BCUT2D eigenvalue weighted by Gasteiger charge is -2.30. The van der Waals surface area contributed by atoms with Gasteiger partial charge in [-0.15, -0.1) is 0 Å². The van der Waals surface area contributed by atoms with Crippen molar-refractivity contribution in [2.45, 2.75) is 33.2 Å². The number of nitrogens with zero attached hydrogens (tertiary/aromatic N) is 1. The number of piperidine rings is 1. The van der Waals surface area contributed by atoms with Crippen LogP contribution in [0.25, 0.3) is 0 Å². The Kier molecular flexibility index (Phi) is 7.15. The van der Waals surface area contributed by atoms with Crippen LogP contribution in [0.15, 0.2) is 36.4 Å². The van der Waals surface area contributed by atoms with Crippen LogP contribution in [0.2, 0.25) is 0 Å². The van der Waals surface area contributed by atoms with Gasteiger partial charge in [0.25, 0.3) is 0 Å². The molecule has 1 aliphatic rings. The highest BCUT2D eigenvalue weighted by molar-refractivity contribution is 5.92. The summed E-state index contributed by atoms with van der Waals surface area (Å²) in [6.45, 7) is 5.30. The summed E-state index contributed by atoms with van der Waals surface area (Å²) in [5.74, 6) is -1.85. The molecule has 0 radical (unpaired) electrons. The Morgan fingerprint density at radius 1 is 1.03 bits per heavy atom. The summed E-state index contributed by atoms with van der Waals surface area (Å²) in [6.07, 6.45) is 1.20. The van der Waals surface area contributed by atoms with Crippen molar-refractivity contribution >= 4 is 17.5 Å². The Labute approximate surface area is 175 Å². The maximum Gasteiger partial charge on any atom is 0.238 e. The fourth-order valence-corrected chi connectivity index (χ4v) is 3.82. The second-order valence-electron chi connectivity index (χ2n) is 7.89. The number of carbonyl (C=O) groups is 2. The van der Waals surface area contributed by atoms with Gasteiger partial charge in [-0.1, -0.05) is 12.1 Å². The standard InChI is InChI=1S/C23H27F2N3O2/c1-15-10-16(2)12-18(11-15)27-22(29)14-28-8-6-17(7-9-28)23(30)26-13-19-20(24)4-3-5-21(19)25/h3-5,10-12,17H,6-9,13-14H2,1-2H3,(H,26,30)(H,27,29). The van der Waals surface area contributed by atoms with Crippen LogP contribution in [0.4, 0.5) is 14.5 Å². The summed E-state index contributed by atoms with van der Waals surface area (Å²) in [6, 6.07) is 9.55. The number of halogens is 2. The minimum atomic E-state index is -0.667. The Balaban J connectivity index is 1.44. The van der Waals surface area contributed by atoms with Gasteiger partial charge < -0.3 is 10.6 Å². The summed E-state index contributed by atoms with van der Waals surface area (Å²) in [7, 11) is 0. The second-order valence-corrected chi connectivity index (χ2v) is 7.89. The molecule has 7 heteroatoms. The van der Waals surface area contributed by atoms with E-state index in [-0.39, 0.29) is 36.4 Å². The molecule has 2 amide bonds. The predicted molar refractivity (Wildman–Crippen MR) is 112 cm³/mol. The van der Waals surface area contributed by atoms with Crippen LogP contribution in [0.5, 0.6) is 0 Å². The number of aryl methyl sites for hydroxylation is 2. The van der Waals surface area contributed by atoms with Crippen molar-refractivity contribution in [2.75, 3.05) is 25.0 Å². The van der Waals surface area contributed by atoms with Gasteiger partial charge in [-0.05, 0) is 75.2 Å². The van der Waals surface area contributed by atoms with Gasteiger partial charge in [0.05, 0.1) is 6.54 Å². The van der Waals surface area contributed by atoms with E-state index in [1.54, 1.807) is 0 Å². The molecule has 0 bridgehead atoms. The largest absolute Gasteiger partial charge is 0.352 e. The Bertz CT molecular complexity index is 884. The molecular weight excluding hydrogens is 388 g/mol. The summed E-state index contributed by atoms with van der Waals surface area (Å²) < 4.78 is 27.4. The predicted octanol–water partition coefficient (Wildman–Crippen LogP) is 3.55. The molecule has 2 aromatic rings. The minimum Gasteiger partial charge on any atom is -0.352 e. The van der Waals surface area contributed by atoms with Crippen molar-refractivity contribution in [2.24, 2.45) is 5.92 Å². The fourth-order valence-electron chi connectivity index (χ4n) is 3.82. The molecular formula is C23H27F2N3O2. The Hall–Kier alpha value is -2.80. The van der Waals surface area contributed by atoms with Crippen molar-refractivity contribution in [1.29, 1.82) is 0 Å². The third-order valence-corrected chi connectivity index (χ3v) is 5.33. The lowest BCUT2D eigenvalue weighted by atomic mass is 9.95. The lowest BCUT2D eigenvalue weighted by molar-refractivity contribution is -0.126. The van der Waals surface area contributed by atoms with E-state index in [2.05, 4.69) is 10.6 Å². The molecule has 1 fully saturated rings. The minimum absolute atomic E-state index is 0.0853. The molecule has 2 N–H and O–H groups in total. The van der Waals surface area contributed by atoms with E-state index in [0.29, 0.717) is 25.9 Å².